The van der Waals surface area contributed by atoms with Gasteiger partial charge in [0.1, 0.15) is 5.15 Å². The fourth-order valence-electron chi connectivity index (χ4n) is 1.45. The number of hydrogen-bond donors (Lipinski definition) is 2. The molecule has 2 rings (SSSR count). The second kappa shape index (κ2) is 5.66. The Morgan fingerprint density at radius 3 is 3.05 bits per heavy atom. The molecule has 0 aromatic carbocycles. The Morgan fingerprint density at radius 2 is 2.37 bits per heavy atom. The number of anilines is 1. The lowest BCUT2D eigenvalue weighted by Crippen LogP contribution is -2.26. The summed E-state index contributed by atoms with van der Waals surface area (Å²) in [6, 6.07) is 1.48. The summed E-state index contributed by atoms with van der Waals surface area (Å²) in [5.41, 5.74) is 6.17. The Bertz CT molecular complexity index is 599. The molecule has 0 spiro atoms. The number of nitrogens with two attached hydrogens (primary N) is 1. The number of carbonyl (C=O) groups excluding carboxylic acids is 1. The Morgan fingerprint density at radius 1 is 1.58 bits per heavy atom. The topological polar surface area (TPSA) is 107 Å². The van der Waals surface area contributed by atoms with Gasteiger partial charge in [0, 0.05) is 19.9 Å². The number of amides is 1. The lowest BCUT2D eigenvalue weighted by molar-refractivity contribution is 0.0953. The molecular formula is C11H12ClN5O2. The second-order valence-corrected chi connectivity index (χ2v) is 4.20. The van der Waals surface area contributed by atoms with Crippen molar-refractivity contribution in [3.05, 3.63) is 34.7 Å². The van der Waals surface area contributed by atoms with E-state index in [9.17, 15) is 4.79 Å². The largest absolute Gasteiger partial charge is 0.397 e. The van der Waals surface area contributed by atoms with E-state index in [0.717, 1.165) is 0 Å². The van der Waals surface area contributed by atoms with Crippen LogP contribution in [0, 0.1) is 6.92 Å². The predicted molar refractivity (Wildman–Crippen MR) is 68.7 cm³/mol. The fourth-order valence-corrected chi connectivity index (χ4v) is 1.64. The summed E-state index contributed by atoms with van der Waals surface area (Å²) in [6.07, 6.45) is 1.86. The minimum atomic E-state index is -0.343. The van der Waals surface area contributed by atoms with Gasteiger partial charge in [0.25, 0.3) is 5.91 Å². The van der Waals surface area contributed by atoms with Crippen LogP contribution in [-0.4, -0.2) is 27.6 Å². The van der Waals surface area contributed by atoms with E-state index in [1.807, 2.05) is 0 Å². The Balaban J connectivity index is 1.92. The number of aryl methyl sites for hydroxylation is 1. The molecule has 0 aliphatic heterocycles. The molecule has 0 aliphatic carbocycles. The van der Waals surface area contributed by atoms with Gasteiger partial charge >= 0.3 is 0 Å². The average Bonchev–Trinajstić information content (AvgIpc) is 2.78. The highest BCUT2D eigenvalue weighted by atomic mass is 35.5. The van der Waals surface area contributed by atoms with Crippen LogP contribution < -0.4 is 11.1 Å². The molecule has 2 aromatic rings. The normalized spacial score (nSPS) is 10.4. The van der Waals surface area contributed by atoms with Gasteiger partial charge in [0.2, 0.25) is 5.89 Å². The van der Waals surface area contributed by atoms with Crippen molar-refractivity contribution in [1.29, 1.82) is 0 Å². The molecule has 0 atom stereocenters. The highest BCUT2D eigenvalue weighted by Crippen LogP contribution is 2.15. The lowest BCUT2D eigenvalue weighted by atomic mass is 10.2. The minimum Gasteiger partial charge on any atom is -0.397 e. The van der Waals surface area contributed by atoms with Crippen molar-refractivity contribution in [3.8, 4) is 0 Å². The van der Waals surface area contributed by atoms with Gasteiger partial charge in [-0.15, -0.1) is 0 Å². The van der Waals surface area contributed by atoms with Gasteiger partial charge in [-0.05, 0) is 6.07 Å². The van der Waals surface area contributed by atoms with Gasteiger partial charge in [0.05, 0.1) is 17.4 Å². The number of rotatable bonds is 4. The number of hydrogen-bond acceptors (Lipinski definition) is 6. The van der Waals surface area contributed by atoms with E-state index in [1.165, 1.54) is 12.3 Å². The molecule has 0 aliphatic rings. The van der Waals surface area contributed by atoms with E-state index < -0.39 is 0 Å². The van der Waals surface area contributed by atoms with Crippen molar-refractivity contribution in [2.75, 3.05) is 12.3 Å². The van der Waals surface area contributed by atoms with Gasteiger partial charge in [-0.3, -0.25) is 4.79 Å². The summed E-state index contributed by atoms with van der Waals surface area (Å²) < 4.78 is 4.82. The first-order valence-corrected chi connectivity index (χ1v) is 5.92. The van der Waals surface area contributed by atoms with Crippen molar-refractivity contribution in [3.63, 3.8) is 0 Å². The van der Waals surface area contributed by atoms with Gasteiger partial charge in [-0.2, -0.15) is 4.98 Å². The van der Waals surface area contributed by atoms with E-state index in [1.54, 1.807) is 6.92 Å². The monoisotopic (exact) mass is 281 g/mol. The minimum absolute atomic E-state index is 0.113. The predicted octanol–water partition coefficient (Wildman–Crippen LogP) is 0.981. The number of pyridine rings is 1. The van der Waals surface area contributed by atoms with Crippen LogP contribution in [0.1, 0.15) is 22.1 Å². The van der Waals surface area contributed by atoms with Crippen LogP contribution >= 0.6 is 11.6 Å². The van der Waals surface area contributed by atoms with Crippen molar-refractivity contribution in [1.82, 2.24) is 20.4 Å². The molecule has 0 radical (unpaired) electrons. The Hall–Kier alpha value is -2.15. The summed E-state index contributed by atoms with van der Waals surface area (Å²) in [6.45, 7) is 2.07. The maximum atomic E-state index is 11.9. The Kier molecular flexibility index (Phi) is 3.96. The molecule has 8 heteroatoms. The summed E-state index contributed by atoms with van der Waals surface area (Å²) in [4.78, 5) is 19.7. The maximum absolute atomic E-state index is 11.9. The number of nitrogen functional groups attached to an aromatic ring is 1. The van der Waals surface area contributed by atoms with Crippen molar-refractivity contribution < 1.29 is 9.32 Å². The molecule has 0 bridgehead atoms. The first kappa shape index (κ1) is 13.3. The highest BCUT2D eigenvalue weighted by molar-refractivity contribution is 6.32. The third-order valence-corrected chi connectivity index (χ3v) is 2.61. The zero-order valence-electron chi connectivity index (χ0n) is 10.2. The van der Waals surface area contributed by atoms with E-state index >= 15 is 0 Å². The van der Waals surface area contributed by atoms with Crippen LogP contribution in [0.3, 0.4) is 0 Å². The summed E-state index contributed by atoms with van der Waals surface area (Å²) in [5, 5.41) is 6.52. The maximum Gasteiger partial charge on any atom is 0.254 e. The highest BCUT2D eigenvalue weighted by Gasteiger charge is 2.12. The average molecular weight is 282 g/mol. The molecule has 19 heavy (non-hydrogen) atoms. The van der Waals surface area contributed by atoms with Crippen molar-refractivity contribution >= 4 is 23.2 Å². The van der Waals surface area contributed by atoms with E-state index in [2.05, 4.69) is 20.4 Å². The molecule has 0 saturated carbocycles. The summed E-state index contributed by atoms with van der Waals surface area (Å²) in [7, 11) is 0. The van der Waals surface area contributed by atoms with Crippen molar-refractivity contribution in [2.45, 2.75) is 13.3 Å². The van der Waals surface area contributed by atoms with E-state index in [4.69, 9.17) is 21.9 Å². The lowest BCUT2D eigenvalue weighted by Gasteiger charge is -2.05. The van der Waals surface area contributed by atoms with Crippen LogP contribution in [0.25, 0.3) is 0 Å². The third-order valence-electron chi connectivity index (χ3n) is 2.31. The van der Waals surface area contributed by atoms with Gasteiger partial charge in [0.15, 0.2) is 5.82 Å². The SMILES string of the molecule is Cc1nc(CCNC(=O)c2cc(N)cnc2Cl)no1. The quantitative estimate of drug-likeness (QED) is 0.809. The summed E-state index contributed by atoms with van der Waals surface area (Å²) >= 11 is 5.82. The zero-order valence-corrected chi connectivity index (χ0v) is 10.9. The molecule has 0 fully saturated rings. The fraction of sp³-hybridized carbons (Fsp3) is 0.273. The van der Waals surface area contributed by atoms with Crippen LogP contribution in [0.2, 0.25) is 5.15 Å². The standard InChI is InChI=1S/C11H12ClN5O2/c1-6-16-9(17-19-6)2-3-14-11(18)8-4-7(13)5-15-10(8)12/h4-5H,2-3,13H2,1H3,(H,14,18). The van der Waals surface area contributed by atoms with Gasteiger partial charge in [-0.25, -0.2) is 4.98 Å². The first-order valence-electron chi connectivity index (χ1n) is 5.54. The Labute approximate surface area is 114 Å². The second-order valence-electron chi connectivity index (χ2n) is 3.84. The zero-order chi connectivity index (χ0) is 13.8. The third kappa shape index (κ3) is 3.41. The van der Waals surface area contributed by atoms with Crippen molar-refractivity contribution in [2.24, 2.45) is 0 Å². The molecular weight excluding hydrogens is 270 g/mol. The van der Waals surface area contributed by atoms with Crippen LogP contribution in [-0.2, 0) is 6.42 Å². The van der Waals surface area contributed by atoms with Crippen LogP contribution in [0.4, 0.5) is 5.69 Å². The molecule has 0 saturated heterocycles. The van der Waals surface area contributed by atoms with Gasteiger partial charge < -0.3 is 15.6 Å². The van der Waals surface area contributed by atoms with Gasteiger partial charge in [-0.1, -0.05) is 16.8 Å². The van der Waals surface area contributed by atoms with E-state index in [-0.39, 0.29) is 16.6 Å². The molecule has 100 valence electrons. The molecule has 2 aromatic heterocycles. The number of nitrogens with one attached hydrogen (secondary N) is 1. The first-order chi connectivity index (χ1) is 9.06. The van der Waals surface area contributed by atoms with E-state index in [0.29, 0.717) is 30.4 Å². The molecule has 2 heterocycles. The van der Waals surface area contributed by atoms with Crippen LogP contribution in [0.15, 0.2) is 16.8 Å². The number of nitrogens with zero attached hydrogens (tertiary/aromatic N) is 3. The molecule has 7 nitrogen and oxygen atoms in total. The van der Waals surface area contributed by atoms with Crippen LogP contribution in [0.5, 0.6) is 0 Å². The number of aromatic nitrogens is 3. The molecule has 3 N–H and O–H groups in total. The molecule has 1 amide bonds. The number of carbonyl (C=O) groups is 1. The smallest absolute Gasteiger partial charge is 0.254 e. The summed E-state index contributed by atoms with van der Waals surface area (Å²) in [5.74, 6) is 0.684. The number of halogens is 1. The molecule has 0 unspecified atom stereocenters.